The maximum Gasteiger partial charge on any atom is 0.0753 e. The van der Waals surface area contributed by atoms with Crippen LogP contribution in [-0.2, 0) is 0 Å². The van der Waals surface area contributed by atoms with E-state index in [4.69, 9.17) is 4.99 Å². The van der Waals surface area contributed by atoms with E-state index in [1.54, 1.807) is 0 Å². The van der Waals surface area contributed by atoms with Crippen molar-refractivity contribution in [3.63, 3.8) is 0 Å². The average Bonchev–Trinajstić information content (AvgIpc) is 3.01. The number of hydrogen-bond donors (Lipinski definition) is 0. The summed E-state index contributed by atoms with van der Waals surface area (Å²) in [5.41, 5.74) is 7.97. The Morgan fingerprint density at radius 3 is 2.41 bits per heavy atom. The largest absolute Gasteiger partial charge is 0.368 e. The van der Waals surface area contributed by atoms with Gasteiger partial charge in [-0.25, -0.2) is 0 Å². The highest BCUT2D eigenvalue weighted by atomic mass is 15.2. The van der Waals surface area contributed by atoms with Crippen LogP contribution in [0.2, 0.25) is 0 Å². The van der Waals surface area contributed by atoms with Gasteiger partial charge in [-0.1, -0.05) is 42.5 Å². The number of aryl methyl sites for hydroxylation is 1. The Balaban J connectivity index is 2.45. The highest BCUT2D eigenvalue weighted by molar-refractivity contribution is 6.13. The number of rotatable bonds is 7. The van der Waals surface area contributed by atoms with E-state index in [0.29, 0.717) is 12.0 Å². The minimum atomic E-state index is 0.368. The van der Waals surface area contributed by atoms with Crippen LogP contribution >= 0.6 is 0 Å². The van der Waals surface area contributed by atoms with Gasteiger partial charge in [-0.05, 0) is 64.5 Å². The minimum absolute atomic E-state index is 0.368. The van der Waals surface area contributed by atoms with Crippen LogP contribution in [-0.4, -0.2) is 23.2 Å². The lowest BCUT2D eigenvalue weighted by Crippen LogP contribution is -2.28. The molecule has 0 aliphatic carbocycles. The molecule has 0 N–H and O–H groups in total. The van der Waals surface area contributed by atoms with E-state index in [0.717, 1.165) is 30.8 Å². The summed E-state index contributed by atoms with van der Waals surface area (Å²) in [6, 6.07) is 8.79. The minimum Gasteiger partial charge on any atom is -0.368 e. The molecule has 1 aromatic rings. The first-order chi connectivity index (χ1) is 12.7. The lowest BCUT2D eigenvalue weighted by Gasteiger charge is -2.28. The van der Waals surface area contributed by atoms with Crippen LogP contribution in [0.15, 0.2) is 77.6 Å². The van der Waals surface area contributed by atoms with E-state index >= 15 is 0 Å². The number of nitrogens with zero attached hydrogens (tertiary/aromatic N) is 2. The van der Waals surface area contributed by atoms with Gasteiger partial charge in [0.1, 0.15) is 0 Å². The summed E-state index contributed by atoms with van der Waals surface area (Å²) >= 11 is 0. The van der Waals surface area contributed by atoms with Gasteiger partial charge in [-0.3, -0.25) is 4.99 Å². The fourth-order valence-corrected chi connectivity index (χ4v) is 3.97. The first kappa shape index (κ1) is 21.0. The van der Waals surface area contributed by atoms with Gasteiger partial charge in [0.05, 0.1) is 5.71 Å². The molecule has 1 fully saturated rings. The van der Waals surface area contributed by atoms with Crippen LogP contribution in [0.5, 0.6) is 0 Å². The summed E-state index contributed by atoms with van der Waals surface area (Å²) in [5, 5.41) is 0. The summed E-state index contributed by atoms with van der Waals surface area (Å²) in [7, 11) is 0. The monoisotopic (exact) mass is 362 g/mol. The fourth-order valence-electron chi connectivity index (χ4n) is 3.97. The maximum absolute atomic E-state index is 4.82. The van der Waals surface area contributed by atoms with E-state index in [2.05, 4.69) is 82.7 Å². The van der Waals surface area contributed by atoms with Crippen molar-refractivity contribution in [2.75, 3.05) is 6.54 Å². The molecule has 1 aromatic carbocycles. The van der Waals surface area contributed by atoms with E-state index in [1.807, 2.05) is 6.92 Å². The van der Waals surface area contributed by atoms with Gasteiger partial charge < -0.3 is 4.90 Å². The van der Waals surface area contributed by atoms with Crippen LogP contribution in [0.25, 0.3) is 0 Å². The number of aliphatic imine (C=N–C) groups is 1. The quantitative estimate of drug-likeness (QED) is 0.402. The molecule has 0 bridgehead atoms. The molecule has 1 heterocycles. The molecule has 144 valence electrons. The molecule has 0 aromatic heterocycles. The second-order valence-electron chi connectivity index (χ2n) is 7.94. The summed E-state index contributed by atoms with van der Waals surface area (Å²) in [5.74, 6) is 0.633. The van der Waals surface area contributed by atoms with Crippen LogP contribution in [0, 0.1) is 12.8 Å². The standard InChI is InChI=1S/C25H34N2/c1-9-23-15-22(14-17(2)3)16-27(23)21(8)20(7)25(26-18(4)5)24-13-11-10-12-19(24)6/h9-13,22-23H,1-2,4,14-16H2,3,5-8H3/b21-20+,26-25+. The van der Waals surface area contributed by atoms with Crippen molar-refractivity contribution < 1.29 is 0 Å². The third-order valence-electron chi connectivity index (χ3n) is 5.37. The van der Waals surface area contributed by atoms with Crippen molar-refractivity contribution in [3.8, 4) is 0 Å². The molecular formula is C25H34N2. The Hall–Kier alpha value is -2.35. The maximum atomic E-state index is 4.82. The SMILES string of the molecule is C=CC1CC(CC(=C)C)CN1/C(C)=C(C)/C(=N\C(=C)C)c1ccccc1C. The average molecular weight is 363 g/mol. The molecule has 1 saturated heterocycles. The molecule has 0 saturated carbocycles. The van der Waals surface area contributed by atoms with Gasteiger partial charge in [0.25, 0.3) is 0 Å². The smallest absolute Gasteiger partial charge is 0.0753 e. The van der Waals surface area contributed by atoms with E-state index in [9.17, 15) is 0 Å². The van der Waals surface area contributed by atoms with Gasteiger partial charge in [0.15, 0.2) is 0 Å². The second-order valence-corrected chi connectivity index (χ2v) is 7.94. The topological polar surface area (TPSA) is 15.6 Å². The van der Waals surface area contributed by atoms with Crippen molar-refractivity contribution >= 4 is 5.71 Å². The Kier molecular flexibility index (Phi) is 7.01. The zero-order chi connectivity index (χ0) is 20.1. The second kappa shape index (κ2) is 9.03. The highest BCUT2D eigenvalue weighted by Crippen LogP contribution is 2.33. The first-order valence-corrected chi connectivity index (χ1v) is 9.76. The predicted molar refractivity (Wildman–Crippen MR) is 119 cm³/mol. The summed E-state index contributed by atoms with van der Waals surface area (Å²) in [4.78, 5) is 7.30. The zero-order valence-electron chi connectivity index (χ0n) is 17.7. The molecular weight excluding hydrogens is 328 g/mol. The normalized spacial score (nSPS) is 21.1. The summed E-state index contributed by atoms with van der Waals surface area (Å²) < 4.78 is 0. The van der Waals surface area contributed by atoms with E-state index in [1.165, 1.54) is 28.0 Å². The summed E-state index contributed by atoms with van der Waals surface area (Å²) in [6.07, 6.45) is 4.30. The van der Waals surface area contributed by atoms with Crippen molar-refractivity contribution in [2.24, 2.45) is 10.9 Å². The van der Waals surface area contributed by atoms with Gasteiger partial charge in [0.2, 0.25) is 0 Å². The first-order valence-electron chi connectivity index (χ1n) is 9.76. The summed E-state index contributed by atoms with van der Waals surface area (Å²) in [6.45, 7) is 23.8. The molecule has 1 aliphatic heterocycles. The number of allylic oxidation sites excluding steroid dienone is 4. The van der Waals surface area contributed by atoms with Crippen LogP contribution in [0.4, 0.5) is 0 Å². The lowest BCUT2D eigenvalue weighted by atomic mass is 9.97. The Morgan fingerprint density at radius 2 is 1.85 bits per heavy atom. The molecule has 2 atom stereocenters. The van der Waals surface area contributed by atoms with Crippen LogP contribution < -0.4 is 0 Å². The molecule has 27 heavy (non-hydrogen) atoms. The Morgan fingerprint density at radius 1 is 1.19 bits per heavy atom. The third-order valence-corrected chi connectivity index (χ3v) is 5.37. The van der Waals surface area contributed by atoms with Crippen molar-refractivity contribution in [3.05, 3.63) is 83.7 Å². The fraction of sp³-hybridized carbons (Fsp3) is 0.400. The van der Waals surface area contributed by atoms with Crippen molar-refractivity contribution in [1.82, 2.24) is 4.90 Å². The van der Waals surface area contributed by atoms with Gasteiger partial charge >= 0.3 is 0 Å². The third kappa shape index (κ3) is 5.09. The molecule has 2 unspecified atom stereocenters. The van der Waals surface area contributed by atoms with Gasteiger partial charge in [0, 0.05) is 29.5 Å². The number of benzene rings is 1. The number of likely N-dealkylation sites (tertiary alicyclic amines) is 1. The van der Waals surface area contributed by atoms with Crippen LogP contribution in [0.3, 0.4) is 0 Å². The predicted octanol–water partition coefficient (Wildman–Crippen LogP) is 6.45. The van der Waals surface area contributed by atoms with E-state index < -0.39 is 0 Å². The Bertz CT molecular complexity index is 794. The number of hydrogen-bond acceptors (Lipinski definition) is 2. The van der Waals surface area contributed by atoms with Crippen molar-refractivity contribution in [2.45, 2.75) is 53.5 Å². The lowest BCUT2D eigenvalue weighted by molar-refractivity contribution is 0.356. The van der Waals surface area contributed by atoms with E-state index in [-0.39, 0.29) is 0 Å². The van der Waals surface area contributed by atoms with Crippen LogP contribution in [0.1, 0.15) is 51.7 Å². The zero-order valence-corrected chi connectivity index (χ0v) is 17.7. The molecule has 0 spiro atoms. The van der Waals surface area contributed by atoms with Crippen molar-refractivity contribution in [1.29, 1.82) is 0 Å². The van der Waals surface area contributed by atoms with Gasteiger partial charge in [-0.2, -0.15) is 0 Å². The highest BCUT2D eigenvalue weighted by Gasteiger charge is 2.31. The molecule has 2 heteroatoms. The molecule has 2 rings (SSSR count). The van der Waals surface area contributed by atoms with Gasteiger partial charge in [-0.15, -0.1) is 13.2 Å². The molecule has 2 nitrogen and oxygen atoms in total. The Labute approximate surface area is 165 Å². The molecule has 1 aliphatic rings. The molecule has 0 radical (unpaired) electrons. The molecule has 0 amide bonds.